The molecule has 2 N–H and O–H groups in total. The minimum Gasteiger partial charge on any atom is -0.480 e. The third kappa shape index (κ3) is 3.39. The second-order valence-corrected chi connectivity index (χ2v) is 5.34. The number of hydrogen-bond acceptors (Lipinski definition) is 3. The molecule has 1 atom stereocenters. The van der Waals surface area contributed by atoms with Gasteiger partial charge in [-0.3, -0.25) is 9.69 Å². The molecule has 0 bridgehead atoms. The zero-order chi connectivity index (χ0) is 14.0. The first kappa shape index (κ1) is 14.6. The van der Waals surface area contributed by atoms with E-state index in [-0.39, 0.29) is 18.9 Å². The number of piperazine rings is 1. The van der Waals surface area contributed by atoms with Gasteiger partial charge in [0, 0.05) is 25.7 Å². The zero-order valence-electron chi connectivity index (χ0n) is 10.6. The average Bonchev–Trinajstić information content (AvgIpc) is 2.38. The number of nitrogens with zero attached hydrogens (tertiary/aromatic N) is 1. The van der Waals surface area contributed by atoms with Gasteiger partial charge in [0.25, 0.3) is 0 Å². The highest BCUT2D eigenvalue weighted by Crippen LogP contribution is 2.39. The van der Waals surface area contributed by atoms with E-state index >= 15 is 0 Å². The summed E-state index contributed by atoms with van der Waals surface area (Å²) in [5.41, 5.74) is 0. The Morgan fingerprint density at radius 3 is 2.37 bits per heavy atom. The first-order chi connectivity index (χ1) is 8.89. The first-order valence-corrected chi connectivity index (χ1v) is 6.65. The third-order valence-electron chi connectivity index (χ3n) is 4.20. The van der Waals surface area contributed by atoms with Crippen molar-refractivity contribution in [2.24, 2.45) is 5.92 Å². The molecule has 0 aromatic carbocycles. The highest BCUT2D eigenvalue weighted by molar-refractivity contribution is 5.74. The minimum absolute atomic E-state index is 0.0261. The Bertz CT molecular complexity index is 327. The molecule has 0 radical (unpaired) electrons. The fraction of sp³-hybridized carbons (Fsp3) is 0.917. The van der Waals surface area contributed by atoms with Crippen LogP contribution in [-0.4, -0.2) is 53.9 Å². The van der Waals surface area contributed by atoms with Gasteiger partial charge in [-0.25, -0.2) is 0 Å². The Morgan fingerprint density at radius 1 is 1.21 bits per heavy atom. The zero-order valence-corrected chi connectivity index (χ0v) is 10.6. The number of hydrogen-bond donors (Lipinski definition) is 2. The molecule has 2 rings (SSSR count). The van der Waals surface area contributed by atoms with Gasteiger partial charge in [0.05, 0.1) is 5.92 Å². The van der Waals surface area contributed by atoms with Crippen LogP contribution in [0.1, 0.15) is 25.7 Å². The lowest BCUT2D eigenvalue weighted by Crippen LogP contribution is -2.59. The maximum absolute atomic E-state index is 12.6. The Labute approximate surface area is 110 Å². The van der Waals surface area contributed by atoms with Crippen molar-refractivity contribution < 1.29 is 23.1 Å². The molecule has 1 saturated heterocycles. The Hall–Kier alpha value is -0.820. The third-order valence-corrected chi connectivity index (χ3v) is 4.20. The standard InChI is InChI=1S/C12H19F3N2O2/c13-12(14,15)8-1-3-9(4-2-8)17-6-5-16-7-10(17)11(18)19/h8-10,16H,1-7H2,(H,18,19). The lowest BCUT2D eigenvalue weighted by molar-refractivity contribution is -0.185. The van der Waals surface area contributed by atoms with Crippen molar-refractivity contribution in [1.29, 1.82) is 0 Å². The smallest absolute Gasteiger partial charge is 0.391 e. The highest BCUT2D eigenvalue weighted by Gasteiger charge is 2.43. The predicted octanol–water partition coefficient (Wildman–Crippen LogP) is 1.47. The van der Waals surface area contributed by atoms with E-state index in [1.165, 1.54) is 0 Å². The van der Waals surface area contributed by atoms with E-state index in [1.807, 2.05) is 4.90 Å². The van der Waals surface area contributed by atoms with Crippen LogP contribution in [0.25, 0.3) is 0 Å². The summed E-state index contributed by atoms with van der Waals surface area (Å²) in [6, 6.07) is -0.636. The highest BCUT2D eigenvalue weighted by atomic mass is 19.4. The molecule has 19 heavy (non-hydrogen) atoms. The van der Waals surface area contributed by atoms with Gasteiger partial charge < -0.3 is 10.4 Å². The molecule has 0 aromatic heterocycles. The van der Waals surface area contributed by atoms with Crippen LogP contribution in [0.5, 0.6) is 0 Å². The van der Waals surface area contributed by atoms with Gasteiger partial charge in [0.2, 0.25) is 0 Å². The fourth-order valence-electron chi connectivity index (χ4n) is 3.12. The summed E-state index contributed by atoms with van der Waals surface area (Å²) in [4.78, 5) is 13.0. The fourth-order valence-corrected chi connectivity index (χ4v) is 3.12. The second-order valence-electron chi connectivity index (χ2n) is 5.34. The molecule has 2 fully saturated rings. The number of halogens is 3. The summed E-state index contributed by atoms with van der Waals surface area (Å²) in [7, 11) is 0. The summed E-state index contributed by atoms with van der Waals surface area (Å²) in [5, 5.41) is 12.2. The number of alkyl halides is 3. The van der Waals surface area contributed by atoms with Crippen molar-refractivity contribution in [3.05, 3.63) is 0 Å². The van der Waals surface area contributed by atoms with Crippen LogP contribution in [-0.2, 0) is 4.79 Å². The van der Waals surface area contributed by atoms with Gasteiger partial charge in [-0.05, 0) is 25.7 Å². The van der Waals surface area contributed by atoms with Gasteiger partial charge in [-0.1, -0.05) is 0 Å². The van der Waals surface area contributed by atoms with Crippen molar-refractivity contribution in [3.63, 3.8) is 0 Å². The summed E-state index contributed by atoms with van der Waals surface area (Å²) in [6.07, 6.45) is -3.00. The largest absolute Gasteiger partial charge is 0.480 e. The molecule has 1 unspecified atom stereocenters. The summed E-state index contributed by atoms with van der Waals surface area (Å²) in [6.45, 7) is 1.66. The monoisotopic (exact) mass is 280 g/mol. The molecule has 1 heterocycles. The predicted molar refractivity (Wildman–Crippen MR) is 62.8 cm³/mol. The number of carbonyl (C=O) groups is 1. The van der Waals surface area contributed by atoms with E-state index in [9.17, 15) is 18.0 Å². The summed E-state index contributed by atoms with van der Waals surface area (Å²) in [5.74, 6) is -2.11. The Kier molecular flexibility index (Phi) is 4.35. The minimum atomic E-state index is -4.11. The van der Waals surface area contributed by atoms with E-state index in [0.717, 1.165) is 0 Å². The van der Waals surface area contributed by atoms with Crippen LogP contribution in [0.4, 0.5) is 13.2 Å². The van der Waals surface area contributed by atoms with Crippen molar-refractivity contribution in [2.45, 2.75) is 43.9 Å². The van der Waals surface area contributed by atoms with Crippen molar-refractivity contribution in [2.75, 3.05) is 19.6 Å². The summed E-state index contributed by atoms with van der Waals surface area (Å²) >= 11 is 0. The molecule has 1 saturated carbocycles. The molecule has 0 aromatic rings. The maximum Gasteiger partial charge on any atom is 0.391 e. The van der Waals surface area contributed by atoms with Crippen LogP contribution < -0.4 is 5.32 Å². The molecular formula is C12H19F3N2O2. The van der Waals surface area contributed by atoms with Gasteiger partial charge >= 0.3 is 12.1 Å². The quantitative estimate of drug-likeness (QED) is 0.804. The molecule has 0 amide bonds. The van der Waals surface area contributed by atoms with E-state index in [4.69, 9.17) is 5.11 Å². The molecule has 7 heteroatoms. The average molecular weight is 280 g/mol. The van der Waals surface area contributed by atoms with Gasteiger partial charge in [-0.15, -0.1) is 0 Å². The van der Waals surface area contributed by atoms with Crippen LogP contribution >= 0.6 is 0 Å². The molecule has 110 valence electrons. The molecule has 2 aliphatic rings. The van der Waals surface area contributed by atoms with E-state index in [2.05, 4.69) is 5.32 Å². The topological polar surface area (TPSA) is 52.6 Å². The molecule has 4 nitrogen and oxygen atoms in total. The van der Waals surface area contributed by atoms with Crippen molar-refractivity contribution in [1.82, 2.24) is 10.2 Å². The number of aliphatic carboxylic acids is 1. The van der Waals surface area contributed by atoms with Gasteiger partial charge in [0.15, 0.2) is 0 Å². The van der Waals surface area contributed by atoms with Crippen molar-refractivity contribution in [3.8, 4) is 0 Å². The van der Waals surface area contributed by atoms with Crippen LogP contribution in [0, 0.1) is 5.92 Å². The second kappa shape index (κ2) is 5.66. The lowest BCUT2D eigenvalue weighted by atomic mass is 9.84. The lowest BCUT2D eigenvalue weighted by Gasteiger charge is -2.42. The molecule has 1 aliphatic carbocycles. The van der Waals surface area contributed by atoms with Crippen LogP contribution in [0.2, 0.25) is 0 Å². The van der Waals surface area contributed by atoms with Gasteiger partial charge in [0.1, 0.15) is 6.04 Å². The SMILES string of the molecule is O=C(O)C1CNCCN1C1CCC(C(F)(F)F)CC1. The van der Waals surface area contributed by atoms with Gasteiger partial charge in [-0.2, -0.15) is 13.2 Å². The van der Waals surface area contributed by atoms with E-state index in [1.54, 1.807) is 0 Å². The van der Waals surface area contributed by atoms with E-state index in [0.29, 0.717) is 32.5 Å². The van der Waals surface area contributed by atoms with E-state index < -0.39 is 24.1 Å². The van der Waals surface area contributed by atoms with Crippen LogP contribution in [0.3, 0.4) is 0 Å². The number of carboxylic acids is 1. The number of carboxylic acid groups (broad SMARTS) is 1. The molecule has 1 aliphatic heterocycles. The first-order valence-electron chi connectivity index (χ1n) is 6.65. The number of nitrogens with one attached hydrogen (secondary N) is 1. The van der Waals surface area contributed by atoms with Crippen molar-refractivity contribution >= 4 is 5.97 Å². The van der Waals surface area contributed by atoms with Crippen LogP contribution in [0.15, 0.2) is 0 Å². The normalized spacial score (nSPS) is 34.2. The summed E-state index contributed by atoms with van der Waals surface area (Å²) < 4.78 is 37.8. The molecule has 0 spiro atoms. The maximum atomic E-state index is 12.6. The molecular weight excluding hydrogens is 261 g/mol. The Morgan fingerprint density at radius 2 is 1.84 bits per heavy atom. The number of rotatable bonds is 2. The Balaban J connectivity index is 1.94.